The zero-order valence-corrected chi connectivity index (χ0v) is 21.3. The van der Waals surface area contributed by atoms with Crippen molar-refractivity contribution in [3.63, 3.8) is 0 Å². The molecule has 0 spiro atoms. The molecule has 0 unspecified atom stereocenters. The van der Waals surface area contributed by atoms with Gasteiger partial charge in [0.2, 0.25) is 0 Å². The van der Waals surface area contributed by atoms with Gasteiger partial charge in [-0.3, -0.25) is 4.79 Å². The van der Waals surface area contributed by atoms with Crippen LogP contribution in [0.15, 0.2) is 24.3 Å². The largest absolute Gasteiger partial charge is 0.466 e. The normalized spacial score (nSPS) is 17.3. The summed E-state index contributed by atoms with van der Waals surface area (Å²) in [5, 5.41) is -4.10. The predicted molar refractivity (Wildman–Crippen MR) is 125 cm³/mol. The van der Waals surface area contributed by atoms with Gasteiger partial charge in [-0.25, -0.2) is 12.8 Å². The molecule has 33 heavy (non-hydrogen) atoms. The maximum absolute atomic E-state index is 14.5. The first-order valence-corrected chi connectivity index (χ1v) is 15.2. The molecule has 1 saturated heterocycles. The van der Waals surface area contributed by atoms with E-state index in [4.69, 9.17) is 3.63 Å². The highest BCUT2D eigenvalue weighted by Crippen LogP contribution is 2.56. The molecule has 2 rings (SSSR count). The van der Waals surface area contributed by atoms with Crippen LogP contribution in [-0.2, 0) is 23.3 Å². The molecule has 1 aliphatic rings. The van der Waals surface area contributed by atoms with Gasteiger partial charge < -0.3 is 4.74 Å². The smallest absolute Gasteiger partial charge is 0.460 e. The summed E-state index contributed by atoms with van der Waals surface area (Å²) in [6.07, 6.45) is 4.38. The average Bonchev–Trinajstić information content (AvgIpc) is 2.76. The van der Waals surface area contributed by atoms with E-state index in [0.29, 0.717) is 25.7 Å². The number of ketones is 1. The zero-order chi connectivity index (χ0) is 24.5. The van der Waals surface area contributed by atoms with E-state index in [1.807, 2.05) is 0 Å². The molecule has 1 heterocycles. The summed E-state index contributed by atoms with van der Waals surface area (Å²) in [6.45, 7) is -0.331. The summed E-state index contributed by atoms with van der Waals surface area (Å²) in [7, 11) is -8.53. The molecule has 0 N–H and O–H groups in total. The molecule has 188 valence electrons. The number of rotatable bonds is 13. The van der Waals surface area contributed by atoms with E-state index in [1.165, 1.54) is 12.1 Å². The molecule has 1 aromatic carbocycles. The Labute approximate surface area is 202 Å². The SMILES string of the molecule is O=C(CS1(OS(=O)(=O)C(F)(F)C(=O)OCCCCCCBr)CCCCC1)c1cccc(F)c1. The second-order valence-electron chi connectivity index (χ2n) is 7.79. The Kier molecular flexibility index (Phi) is 10.7. The van der Waals surface area contributed by atoms with Gasteiger partial charge in [-0.2, -0.15) is 17.2 Å². The molecule has 12 heteroatoms. The lowest BCUT2D eigenvalue weighted by atomic mass is 10.1. The molecule has 1 fully saturated rings. The Morgan fingerprint density at radius 2 is 1.73 bits per heavy atom. The highest BCUT2D eigenvalue weighted by Gasteiger charge is 2.58. The fourth-order valence-electron chi connectivity index (χ4n) is 3.36. The highest BCUT2D eigenvalue weighted by molar-refractivity contribution is 9.09. The van der Waals surface area contributed by atoms with Crippen LogP contribution in [-0.4, -0.2) is 54.6 Å². The number of alkyl halides is 3. The minimum Gasteiger partial charge on any atom is -0.460 e. The minimum atomic E-state index is -5.71. The molecule has 0 aromatic heterocycles. The third-order valence-corrected chi connectivity index (χ3v) is 11.2. The van der Waals surface area contributed by atoms with Crippen molar-refractivity contribution in [1.29, 1.82) is 0 Å². The lowest BCUT2D eigenvalue weighted by Crippen LogP contribution is -2.42. The maximum Gasteiger partial charge on any atom is 0.466 e. The second-order valence-corrected chi connectivity index (χ2v) is 13.6. The van der Waals surface area contributed by atoms with E-state index in [0.717, 1.165) is 36.7 Å². The van der Waals surface area contributed by atoms with E-state index in [2.05, 4.69) is 20.7 Å². The maximum atomic E-state index is 14.5. The molecule has 0 saturated carbocycles. The van der Waals surface area contributed by atoms with Crippen LogP contribution >= 0.6 is 26.2 Å². The van der Waals surface area contributed by atoms with E-state index >= 15 is 0 Å². The Balaban J connectivity index is 2.10. The van der Waals surface area contributed by atoms with Gasteiger partial charge in [0, 0.05) is 22.4 Å². The number of ether oxygens (including phenoxy) is 1. The Morgan fingerprint density at radius 3 is 2.36 bits per heavy atom. The van der Waals surface area contributed by atoms with Gasteiger partial charge >= 0.3 is 21.3 Å². The summed E-state index contributed by atoms with van der Waals surface area (Å²) in [5.74, 6) is -3.66. The summed E-state index contributed by atoms with van der Waals surface area (Å²) in [5.41, 5.74) is -0.000440. The van der Waals surface area contributed by atoms with Crippen molar-refractivity contribution >= 4 is 48.1 Å². The summed E-state index contributed by atoms with van der Waals surface area (Å²) in [4.78, 5) is 24.6. The van der Waals surface area contributed by atoms with Crippen LogP contribution in [0.4, 0.5) is 13.2 Å². The second kappa shape index (κ2) is 12.6. The van der Waals surface area contributed by atoms with Gasteiger partial charge in [-0.1, -0.05) is 47.3 Å². The van der Waals surface area contributed by atoms with Gasteiger partial charge in [0.15, 0.2) is 5.78 Å². The first kappa shape index (κ1) is 28.1. The number of unbranched alkanes of at least 4 members (excludes halogenated alkanes) is 3. The van der Waals surface area contributed by atoms with Crippen LogP contribution in [0, 0.1) is 5.82 Å². The third-order valence-electron chi connectivity index (χ3n) is 5.12. The van der Waals surface area contributed by atoms with Crippen LogP contribution in [0.3, 0.4) is 0 Å². The molecule has 6 nitrogen and oxygen atoms in total. The summed E-state index contributed by atoms with van der Waals surface area (Å²) < 4.78 is 77.1. The van der Waals surface area contributed by atoms with E-state index < -0.39 is 49.0 Å². The molecule has 1 aliphatic heterocycles. The number of Topliss-reactive ketones (excluding diaryl/α,β-unsaturated/α-hetero) is 1. The quantitative estimate of drug-likeness (QED) is 0.136. The molecule has 1 aromatic rings. The topological polar surface area (TPSA) is 86.7 Å². The third kappa shape index (κ3) is 7.97. The molecular formula is C21H28BrF3O6S2. The van der Waals surface area contributed by atoms with Crippen LogP contribution in [0.5, 0.6) is 0 Å². The van der Waals surface area contributed by atoms with Crippen molar-refractivity contribution in [2.75, 3.05) is 29.2 Å². The van der Waals surface area contributed by atoms with Crippen molar-refractivity contribution in [1.82, 2.24) is 0 Å². The number of esters is 1. The number of halogens is 4. The van der Waals surface area contributed by atoms with Gasteiger partial charge in [0.05, 0.1) is 12.4 Å². The summed E-state index contributed by atoms with van der Waals surface area (Å²) >= 11 is 3.26. The Morgan fingerprint density at radius 1 is 1.06 bits per heavy atom. The average molecular weight is 577 g/mol. The standard InChI is InChI=1S/C21H28BrF3O6S2/c22-11-4-1-2-5-12-30-20(27)21(24,25)33(28,29)31-32(13-6-3-7-14-32)16-19(26)17-9-8-10-18(23)15-17/h8-10,15H,1-7,11-14,16H2. The predicted octanol–water partition coefficient (Wildman–Crippen LogP) is 5.35. The lowest BCUT2D eigenvalue weighted by molar-refractivity contribution is -0.161. The number of benzene rings is 1. The lowest BCUT2D eigenvalue weighted by Gasteiger charge is -2.41. The van der Waals surface area contributed by atoms with Gasteiger partial charge in [-0.15, -0.1) is 10.3 Å². The fraction of sp³-hybridized carbons (Fsp3) is 0.619. The fourth-order valence-corrected chi connectivity index (χ4v) is 9.22. The molecular weight excluding hydrogens is 549 g/mol. The van der Waals surface area contributed by atoms with Crippen LogP contribution in [0.2, 0.25) is 0 Å². The number of carbonyl (C=O) groups is 2. The zero-order valence-electron chi connectivity index (χ0n) is 18.1. The van der Waals surface area contributed by atoms with Gasteiger partial charge in [-0.05, 0) is 37.8 Å². The van der Waals surface area contributed by atoms with Crippen molar-refractivity contribution < 1.29 is 39.5 Å². The van der Waals surface area contributed by atoms with E-state index in [-0.39, 0.29) is 23.7 Å². The number of hydrogen-bond acceptors (Lipinski definition) is 6. The van der Waals surface area contributed by atoms with Gasteiger partial charge in [0.1, 0.15) is 5.82 Å². The molecule has 0 bridgehead atoms. The Hall–Kier alpha value is -1.11. The molecule has 0 atom stereocenters. The van der Waals surface area contributed by atoms with Crippen LogP contribution in [0.1, 0.15) is 55.3 Å². The van der Waals surface area contributed by atoms with Crippen LogP contribution in [0.25, 0.3) is 0 Å². The first-order valence-electron chi connectivity index (χ1n) is 10.6. The van der Waals surface area contributed by atoms with Crippen molar-refractivity contribution in [2.45, 2.75) is 50.2 Å². The summed E-state index contributed by atoms with van der Waals surface area (Å²) in [6, 6.07) is 4.83. The number of hydrogen-bond donors (Lipinski definition) is 0. The molecule has 0 amide bonds. The first-order chi connectivity index (χ1) is 15.5. The number of carbonyl (C=O) groups excluding carboxylic acids is 2. The van der Waals surface area contributed by atoms with E-state index in [9.17, 15) is 31.2 Å². The molecule has 0 aliphatic carbocycles. The van der Waals surface area contributed by atoms with E-state index in [1.54, 1.807) is 0 Å². The monoisotopic (exact) mass is 576 g/mol. The van der Waals surface area contributed by atoms with Crippen LogP contribution < -0.4 is 0 Å². The van der Waals surface area contributed by atoms with Gasteiger partial charge in [0.25, 0.3) is 0 Å². The molecule has 0 radical (unpaired) electrons. The van der Waals surface area contributed by atoms with Crippen molar-refractivity contribution in [2.24, 2.45) is 0 Å². The minimum absolute atomic E-state index is 0.000440. The Bertz CT molecular complexity index is 920. The van der Waals surface area contributed by atoms with Crippen molar-refractivity contribution in [3.05, 3.63) is 35.6 Å². The highest BCUT2D eigenvalue weighted by atomic mass is 79.9. The van der Waals surface area contributed by atoms with Crippen molar-refractivity contribution in [3.8, 4) is 0 Å².